The van der Waals surface area contributed by atoms with Gasteiger partial charge in [0.15, 0.2) is 0 Å². The van der Waals surface area contributed by atoms with E-state index < -0.39 is 11.4 Å². The van der Waals surface area contributed by atoms with E-state index in [4.69, 9.17) is 0 Å². The first kappa shape index (κ1) is 13.6. The van der Waals surface area contributed by atoms with Crippen LogP contribution < -0.4 is 0 Å². The summed E-state index contributed by atoms with van der Waals surface area (Å²) in [4.78, 5) is 14.0. The normalized spacial score (nSPS) is 21.6. The van der Waals surface area contributed by atoms with E-state index in [2.05, 4.69) is 17.0 Å². The number of carboxylic acids is 1. The van der Waals surface area contributed by atoms with Gasteiger partial charge in [-0.3, -0.25) is 4.79 Å². The number of hydrogen-bond donors (Lipinski definition) is 1. The number of benzene rings is 1. The molecule has 0 amide bonds. The molecule has 0 unspecified atom stereocenters. The molecule has 3 heteroatoms. The van der Waals surface area contributed by atoms with E-state index in [0.717, 1.165) is 37.8 Å². The number of rotatable bonds is 5. The van der Waals surface area contributed by atoms with Gasteiger partial charge in [0.2, 0.25) is 0 Å². The second kappa shape index (κ2) is 5.57. The van der Waals surface area contributed by atoms with Gasteiger partial charge in [-0.05, 0) is 56.3 Å². The van der Waals surface area contributed by atoms with Crippen LogP contribution in [-0.2, 0) is 16.6 Å². The fraction of sp³-hybridized carbons (Fsp3) is 0.588. The molecule has 108 valence electrons. The summed E-state index contributed by atoms with van der Waals surface area (Å²) in [6.45, 7) is 3.60. The van der Waals surface area contributed by atoms with Crippen LogP contribution in [0.1, 0.15) is 43.2 Å². The van der Waals surface area contributed by atoms with Crippen molar-refractivity contribution in [3.63, 3.8) is 0 Å². The van der Waals surface area contributed by atoms with Crippen molar-refractivity contribution in [3.8, 4) is 0 Å². The van der Waals surface area contributed by atoms with Crippen LogP contribution in [0, 0.1) is 0 Å². The van der Waals surface area contributed by atoms with E-state index in [0.29, 0.717) is 0 Å². The molecular weight excluding hydrogens is 250 g/mol. The average molecular weight is 273 g/mol. The summed E-state index contributed by atoms with van der Waals surface area (Å²) < 4.78 is 0. The molecular formula is C17H23NO2. The van der Waals surface area contributed by atoms with Crippen LogP contribution in [0.15, 0.2) is 24.3 Å². The Bertz CT molecular complexity index is 470. The lowest BCUT2D eigenvalue weighted by Gasteiger charge is -2.38. The van der Waals surface area contributed by atoms with Crippen LogP contribution in [0.4, 0.5) is 0 Å². The summed E-state index contributed by atoms with van der Waals surface area (Å²) in [5.74, 6) is -0.659. The molecule has 0 atom stereocenters. The number of carbonyl (C=O) groups is 1. The molecule has 1 N–H and O–H groups in total. The Labute approximate surface area is 120 Å². The molecule has 20 heavy (non-hydrogen) atoms. The highest BCUT2D eigenvalue weighted by molar-refractivity contribution is 5.82. The van der Waals surface area contributed by atoms with Crippen LogP contribution in [0.25, 0.3) is 0 Å². The van der Waals surface area contributed by atoms with E-state index in [1.54, 1.807) is 0 Å². The van der Waals surface area contributed by atoms with Crippen molar-refractivity contribution in [2.45, 2.75) is 43.9 Å². The van der Waals surface area contributed by atoms with Crippen molar-refractivity contribution in [2.24, 2.45) is 0 Å². The lowest BCUT2D eigenvalue weighted by molar-refractivity contribution is -0.147. The molecule has 1 heterocycles. The van der Waals surface area contributed by atoms with E-state index in [1.807, 2.05) is 12.1 Å². The maximum Gasteiger partial charge on any atom is 0.314 e. The van der Waals surface area contributed by atoms with E-state index in [1.165, 1.54) is 31.5 Å². The van der Waals surface area contributed by atoms with Gasteiger partial charge in [-0.2, -0.15) is 0 Å². The zero-order valence-corrected chi connectivity index (χ0v) is 12.0. The molecule has 1 aromatic rings. The molecule has 0 aromatic heterocycles. The van der Waals surface area contributed by atoms with Crippen molar-refractivity contribution in [2.75, 3.05) is 19.6 Å². The largest absolute Gasteiger partial charge is 0.481 e. The Morgan fingerprint density at radius 1 is 1.10 bits per heavy atom. The summed E-state index contributed by atoms with van der Waals surface area (Å²) in [6, 6.07) is 8.31. The standard InChI is InChI=1S/C17H23NO2/c19-16(20)17(9-3-10-17)15-6-4-14(5-7-15)8-13-18-11-1-2-12-18/h4-7H,1-3,8-13H2,(H,19,20). The van der Waals surface area contributed by atoms with Crippen LogP contribution >= 0.6 is 0 Å². The molecule has 0 radical (unpaired) electrons. The average Bonchev–Trinajstić information content (AvgIpc) is 2.89. The predicted molar refractivity (Wildman–Crippen MR) is 79.0 cm³/mol. The molecule has 2 fully saturated rings. The SMILES string of the molecule is O=C(O)C1(c2ccc(CCN3CCCC3)cc2)CCC1. The fourth-order valence-corrected chi connectivity index (χ4v) is 3.44. The Hall–Kier alpha value is -1.35. The Morgan fingerprint density at radius 3 is 2.25 bits per heavy atom. The highest BCUT2D eigenvalue weighted by Gasteiger charge is 2.45. The lowest BCUT2D eigenvalue weighted by atomic mass is 9.64. The number of aliphatic carboxylic acids is 1. The van der Waals surface area contributed by atoms with Gasteiger partial charge in [0.1, 0.15) is 0 Å². The number of hydrogen-bond acceptors (Lipinski definition) is 2. The highest BCUT2D eigenvalue weighted by atomic mass is 16.4. The Morgan fingerprint density at radius 2 is 1.75 bits per heavy atom. The quantitative estimate of drug-likeness (QED) is 0.897. The van der Waals surface area contributed by atoms with Crippen molar-refractivity contribution < 1.29 is 9.90 Å². The van der Waals surface area contributed by atoms with Crippen LogP contribution in [0.5, 0.6) is 0 Å². The predicted octanol–water partition coefficient (Wildman–Crippen LogP) is 2.83. The first-order valence-electron chi connectivity index (χ1n) is 7.76. The third-order valence-corrected chi connectivity index (χ3v) is 5.04. The maximum atomic E-state index is 11.5. The van der Waals surface area contributed by atoms with E-state index in [-0.39, 0.29) is 0 Å². The molecule has 0 bridgehead atoms. The van der Waals surface area contributed by atoms with Crippen molar-refractivity contribution in [1.82, 2.24) is 4.90 Å². The fourth-order valence-electron chi connectivity index (χ4n) is 3.44. The van der Waals surface area contributed by atoms with Gasteiger partial charge < -0.3 is 10.0 Å². The Balaban J connectivity index is 1.63. The van der Waals surface area contributed by atoms with E-state index >= 15 is 0 Å². The summed E-state index contributed by atoms with van der Waals surface area (Å²) in [7, 11) is 0. The van der Waals surface area contributed by atoms with Gasteiger partial charge >= 0.3 is 5.97 Å². The maximum absolute atomic E-state index is 11.5. The molecule has 1 saturated carbocycles. The van der Waals surface area contributed by atoms with Gasteiger partial charge in [0.05, 0.1) is 5.41 Å². The third-order valence-electron chi connectivity index (χ3n) is 5.04. The zero-order valence-electron chi connectivity index (χ0n) is 12.0. The smallest absolute Gasteiger partial charge is 0.314 e. The summed E-state index contributed by atoms with van der Waals surface area (Å²) >= 11 is 0. The van der Waals surface area contributed by atoms with Crippen LogP contribution in [0.2, 0.25) is 0 Å². The summed E-state index contributed by atoms with van der Waals surface area (Å²) in [5, 5.41) is 9.45. The monoisotopic (exact) mass is 273 g/mol. The number of likely N-dealkylation sites (tertiary alicyclic amines) is 1. The van der Waals surface area contributed by atoms with Gasteiger partial charge in [-0.1, -0.05) is 30.7 Å². The lowest BCUT2D eigenvalue weighted by Crippen LogP contribution is -2.42. The Kier molecular flexibility index (Phi) is 3.79. The topological polar surface area (TPSA) is 40.5 Å². The second-order valence-electron chi connectivity index (χ2n) is 6.24. The van der Waals surface area contributed by atoms with Crippen LogP contribution in [0.3, 0.4) is 0 Å². The molecule has 1 saturated heterocycles. The molecule has 2 aliphatic rings. The summed E-state index contributed by atoms with van der Waals surface area (Å²) in [6.07, 6.45) is 6.34. The minimum Gasteiger partial charge on any atom is -0.481 e. The van der Waals surface area contributed by atoms with Gasteiger partial charge in [0, 0.05) is 6.54 Å². The molecule has 0 spiro atoms. The first-order chi connectivity index (χ1) is 9.71. The third kappa shape index (κ3) is 2.47. The van der Waals surface area contributed by atoms with Crippen molar-refractivity contribution >= 4 is 5.97 Å². The molecule has 1 aromatic carbocycles. The van der Waals surface area contributed by atoms with Gasteiger partial charge in [-0.25, -0.2) is 0 Å². The molecule has 1 aliphatic carbocycles. The number of nitrogens with zero attached hydrogens (tertiary/aromatic N) is 1. The van der Waals surface area contributed by atoms with Crippen molar-refractivity contribution in [1.29, 1.82) is 0 Å². The first-order valence-corrected chi connectivity index (χ1v) is 7.76. The molecule has 3 nitrogen and oxygen atoms in total. The minimum atomic E-state index is -0.659. The van der Waals surface area contributed by atoms with E-state index in [9.17, 15) is 9.90 Å². The minimum absolute atomic E-state index is 0.590. The second-order valence-corrected chi connectivity index (χ2v) is 6.24. The van der Waals surface area contributed by atoms with Gasteiger partial charge in [-0.15, -0.1) is 0 Å². The highest BCUT2D eigenvalue weighted by Crippen LogP contribution is 2.43. The zero-order chi connectivity index (χ0) is 14.0. The number of carboxylic acid groups (broad SMARTS) is 1. The van der Waals surface area contributed by atoms with Crippen molar-refractivity contribution in [3.05, 3.63) is 35.4 Å². The molecule has 3 rings (SSSR count). The van der Waals surface area contributed by atoms with Crippen LogP contribution in [-0.4, -0.2) is 35.6 Å². The summed E-state index contributed by atoms with van der Waals surface area (Å²) in [5.41, 5.74) is 1.72. The molecule has 1 aliphatic heterocycles. The van der Waals surface area contributed by atoms with Gasteiger partial charge in [0.25, 0.3) is 0 Å².